The van der Waals surface area contributed by atoms with E-state index < -0.39 is 0 Å². The maximum absolute atomic E-state index is 5.57. The molecule has 0 atom stereocenters. The number of nitrogens with zero attached hydrogens (tertiary/aromatic N) is 3. The van der Waals surface area contributed by atoms with Crippen LogP contribution in [0.1, 0.15) is 11.5 Å². The van der Waals surface area contributed by atoms with Crippen molar-refractivity contribution in [3.8, 4) is 12.3 Å². The highest BCUT2D eigenvalue weighted by atomic mass is 35.5. The van der Waals surface area contributed by atoms with Gasteiger partial charge in [0.25, 0.3) is 0 Å². The van der Waals surface area contributed by atoms with Crippen molar-refractivity contribution in [2.24, 2.45) is 0 Å². The van der Waals surface area contributed by atoms with Crippen molar-refractivity contribution in [2.45, 2.75) is 6.92 Å². The molecule has 1 aromatic heterocycles. The minimum atomic E-state index is 0.231. The first-order valence-electron chi connectivity index (χ1n) is 2.57. The van der Waals surface area contributed by atoms with Crippen LogP contribution in [0.25, 0.3) is 0 Å². The number of hydrogen-bond acceptors (Lipinski definition) is 3. The quantitative estimate of drug-likeness (QED) is 0.518. The van der Waals surface area contributed by atoms with Crippen molar-refractivity contribution in [1.82, 2.24) is 15.2 Å². The van der Waals surface area contributed by atoms with Crippen molar-refractivity contribution in [3.05, 3.63) is 16.7 Å². The summed E-state index contributed by atoms with van der Waals surface area (Å²) in [6.45, 7) is 1.69. The Morgan fingerprint density at radius 1 is 1.50 bits per heavy atom. The standard InChI is InChI=1S/C6H4ClN3/c1-3-5-6(7)8-4(2)9-10-5/h1H,2H3. The Bertz CT molecular complexity index is 290. The van der Waals surface area contributed by atoms with Crippen LogP contribution in [-0.4, -0.2) is 15.2 Å². The van der Waals surface area contributed by atoms with Gasteiger partial charge in [0.15, 0.2) is 10.8 Å². The Kier molecular flexibility index (Phi) is 1.83. The molecule has 0 radical (unpaired) electrons. The lowest BCUT2D eigenvalue weighted by molar-refractivity contribution is 0.896. The third kappa shape index (κ3) is 1.23. The second-order valence-corrected chi connectivity index (χ2v) is 2.00. The molecule has 3 nitrogen and oxygen atoms in total. The SMILES string of the molecule is C#Cc1nnc(C)nc1Cl. The average molecular weight is 154 g/mol. The molecule has 0 aliphatic rings. The molecule has 0 amide bonds. The minimum Gasteiger partial charge on any atom is -0.217 e. The molecule has 0 saturated carbocycles. The molecule has 1 aromatic rings. The zero-order valence-corrected chi connectivity index (χ0v) is 6.05. The Balaban J connectivity index is 3.23. The molecule has 4 heteroatoms. The van der Waals surface area contributed by atoms with Crippen LogP contribution in [0.15, 0.2) is 0 Å². The van der Waals surface area contributed by atoms with E-state index in [2.05, 4.69) is 21.1 Å². The Hall–Kier alpha value is -1.14. The van der Waals surface area contributed by atoms with Crippen LogP contribution in [0.2, 0.25) is 5.15 Å². The molecule has 0 aromatic carbocycles. The van der Waals surface area contributed by atoms with E-state index in [0.29, 0.717) is 5.82 Å². The third-order valence-corrected chi connectivity index (χ3v) is 1.15. The van der Waals surface area contributed by atoms with E-state index in [4.69, 9.17) is 18.0 Å². The first kappa shape index (κ1) is 6.97. The van der Waals surface area contributed by atoms with Gasteiger partial charge in [0.1, 0.15) is 5.82 Å². The van der Waals surface area contributed by atoms with Gasteiger partial charge in [-0.2, -0.15) is 0 Å². The average Bonchev–Trinajstić information content (AvgIpc) is 1.88. The fourth-order valence-electron chi connectivity index (χ4n) is 0.469. The summed E-state index contributed by atoms with van der Waals surface area (Å²) in [4.78, 5) is 3.79. The molecule has 0 aliphatic heterocycles. The summed E-state index contributed by atoms with van der Waals surface area (Å²) in [6, 6.07) is 0. The van der Waals surface area contributed by atoms with E-state index in [1.54, 1.807) is 6.92 Å². The molecule has 0 unspecified atom stereocenters. The van der Waals surface area contributed by atoms with E-state index in [1.807, 2.05) is 0 Å². The monoisotopic (exact) mass is 153 g/mol. The van der Waals surface area contributed by atoms with E-state index in [-0.39, 0.29) is 10.8 Å². The summed E-state index contributed by atoms with van der Waals surface area (Å²) in [5.41, 5.74) is 0.285. The van der Waals surface area contributed by atoms with Gasteiger partial charge in [-0.05, 0) is 12.8 Å². The normalized spacial score (nSPS) is 8.90. The van der Waals surface area contributed by atoms with Crippen LogP contribution in [0, 0.1) is 19.3 Å². The Morgan fingerprint density at radius 3 is 2.70 bits per heavy atom. The van der Waals surface area contributed by atoms with E-state index in [1.165, 1.54) is 0 Å². The summed E-state index contributed by atoms with van der Waals surface area (Å²) in [7, 11) is 0. The van der Waals surface area contributed by atoms with Gasteiger partial charge < -0.3 is 0 Å². The highest BCUT2D eigenvalue weighted by Gasteiger charge is 1.99. The fourth-order valence-corrected chi connectivity index (χ4v) is 0.684. The summed E-state index contributed by atoms with van der Waals surface area (Å²) in [6.07, 6.45) is 5.02. The summed E-state index contributed by atoms with van der Waals surface area (Å²) >= 11 is 5.57. The Morgan fingerprint density at radius 2 is 2.20 bits per heavy atom. The van der Waals surface area contributed by atoms with Gasteiger partial charge >= 0.3 is 0 Å². The van der Waals surface area contributed by atoms with Crippen LogP contribution in [0.5, 0.6) is 0 Å². The summed E-state index contributed by atoms with van der Waals surface area (Å²) in [5, 5.41) is 7.47. The van der Waals surface area contributed by atoms with Crippen LogP contribution in [0.3, 0.4) is 0 Å². The molecular weight excluding hydrogens is 150 g/mol. The number of terminal acetylenes is 1. The van der Waals surface area contributed by atoms with Crippen molar-refractivity contribution in [2.75, 3.05) is 0 Å². The molecule has 0 saturated heterocycles. The predicted octanol–water partition coefficient (Wildman–Crippen LogP) is 0.815. The lowest BCUT2D eigenvalue weighted by Crippen LogP contribution is -1.95. The van der Waals surface area contributed by atoms with Gasteiger partial charge in [-0.3, -0.25) is 0 Å². The van der Waals surface area contributed by atoms with Crippen molar-refractivity contribution in [3.63, 3.8) is 0 Å². The minimum absolute atomic E-state index is 0.231. The predicted molar refractivity (Wildman–Crippen MR) is 37.5 cm³/mol. The van der Waals surface area contributed by atoms with Gasteiger partial charge in [0, 0.05) is 0 Å². The van der Waals surface area contributed by atoms with E-state index >= 15 is 0 Å². The van der Waals surface area contributed by atoms with Gasteiger partial charge in [-0.25, -0.2) is 4.98 Å². The highest BCUT2D eigenvalue weighted by molar-refractivity contribution is 6.30. The van der Waals surface area contributed by atoms with Gasteiger partial charge in [0.2, 0.25) is 0 Å². The smallest absolute Gasteiger partial charge is 0.173 e. The lowest BCUT2D eigenvalue weighted by Gasteiger charge is -1.92. The largest absolute Gasteiger partial charge is 0.217 e. The molecule has 0 bridgehead atoms. The van der Waals surface area contributed by atoms with Crippen molar-refractivity contribution in [1.29, 1.82) is 0 Å². The zero-order valence-electron chi connectivity index (χ0n) is 5.30. The van der Waals surface area contributed by atoms with Gasteiger partial charge in [-0.15, -0.1) is 16.6 Å². The Labute approximate surface area is 63.5 Å². The number of aromatic nitrogens is 3. The molecule has 0 spiro atoms. The van der Waals surface area contributed by atoms with E-state index in [9.17, 15) is 0 Å². The summed E-state index contributed by atoms with van der Waals surface area (Å²) in [5.74, 6) is 2.77. The maximum Gasteiger partial charge on any atom is 0.173 e. The maximum atomic E-state index is 5.57. The zero-order chi connectivity index (χ0) is 7.56. The van der Waals surface area contributed by atoms with Crippen LogP contribution in [0.4, 0.5) is 0 Å². The summed E-state index contributed by atoms with van der Waals surface area (Å²) < 4.78 is 0. The molecule has 0 aliphatic carbocycles. The van der Waals surface area contributed by atoms with Crippen molar-refractivity contribution >= 4 is 11.6 Å². The number of rotatable bonds is 0. The molecule has 0 fully saturated rings. The molecular formula is C6H4ClN3. The van der Waals surface area contributed by atoms with Crippen LogP contribution >= 0.6 is 11.6 Å². The lowest BCUT2D eigenvalue weighted by atomic mass is 10.5. The van der Waals surface area contributed by atoms with Crippen LogP contribution < -0.4 is 0 Å². The topological polar surface area (TPSA) is 38.7 Å². The number of hydrogen-bond donors (Lipinski definition) is 0. The second kappa shape index (κ2) is 2.63. The highest BCUT2D eigenvalue weighted by Crippen LogP contribution is 2.06. The molecule has 1 rings (SSSR count). The second-order valence-electron chi connectivity index (χ2n) is 1.64. The van der Waals surface area contributed by atoms with Crippen molar-refractivity contribution < 1.29 is 0 Å². The first-order chi connectivity index (χ1) is 4.74. The van der Waals surface area contributed by atoms with Gasteiger partial charge in [-0.1, -0.05) is 11.6 Å². The molecule has 10 heavy (non-hydrogen) atoms. The third-order valence-electron chi connectivity index (χ3n) is 0.887. The van der Waals surface area contributed by atoms with E-state index in [0.717, 1.165) is 0 Å². The molecule has 1 heterocycles. The van der Waals surface area contributed by atoms with Gasteiger partial charge in [0.05, 0.1) is 0 Å². The molecule has 50 valence electrons. The number of halogens is 1. The first-order valence-corrected chi connectivity index (χ1v) is 2.95. The molecule has 0 N–H and O–H groups in total. The fraction of sp³-hybridized carbons (Fsp3) is 0.167. The number of aryl methyl sites for hydroxylation is 1. The van der Waals surface area contributed by atoms with Crippen LogP contribution in [-0.2, 0) is 0 Å².